The van der Waals surface area contributed by atoms with Gasteiger partial charge in [-0.3, -0.25) is 0 Å². The third kappa shape index (κ3) is 5.24. The van der Waals surface area contributed by atoms with Gasteiger partial charge < -0.3 is 19.3 Å². The highest BCUT2D eigenvalue weighted by Crippen LogP contribution is 2.35. The summed E-state index contributed by atoms with van der Waals surface area (Å²) in [5, 5.41) is 0. The number of aromatic nitrogens is 1. The molecule has 1 aliphatic rings. The number of esters is 1. The fourth-order valence-corrected chi connectivity index (χ4v) is 2.59. The number of pyridine rings is 1. The van der Waals surface area contributed by atoms with E-state index in [0.717, 1.165) is 7.11 Å². The maximum absolute atomic E-state index is 13.4. The van der Waals surface area contributed by atoms with Crippen molar-refractivity contribution in [1.82, 2.24) is 9.88 Å². The van der Waals surface area contributed by atoms with Crippen molar-refractivity contribution in [1.29, 1.82) is 0 Å². The van der Waals surface area contributed by atoms with Crippen molar-refractivity contribution >= 4 is 17.7 Å². The van der Waals surface area contributed by atoms with Crippen LogP contribution in [0, 0.1) is 0 Å². The highest BCUT2D eigenvalue weighted by Gasteiger charge is 2.38. The van der Waals surface area contributed by atoms with Crippen LogP contribution in [-0.2, 0) is 15.7 Å². The fraction of sp³-hybridized carbons (Fsp3) is 0.588. The van der Waals surface area contributed by atoms with Gasteiger partial charge in [0, 0.05) is 26.2 Å². The number of anilines is 1. The molecule has 0 atom stereocenters. The first-order valence-corrected chi connectivity index (χ1v) is 8.32. The molecule has 0 aromatic carbocycles. The summed E-state index contributed by atoms with van der Waals surface area (Å²) < 4.78 is 50.0. The van der Waals surface area contributed by atoms with Crippen LogP contribution < -0.4 is 4.90 Å². The molecule has 0 unspecified atom stereocenters. The van der Waals surface area contributed by atoms with Crippen LogP contribution >= 0.6 is 0 Å². The van der Waals surface area contributed by atoms with Crippen LogP contribution in [-0.4, -0.2) is 60.8 Å². The van der Waals surface area contributed by atoms with Crippen molar-refractivity contribution in [3.63, 3.8) is 0 Å². The quantitative estimate of drug-likeness (QED) is 0.725. The molecule has 0 aliphatic carbocycles. The summed E-state index contributed by atoms with van der Waals surface area (Å²) in [7, 11) is 1.07. The van der Waals surface area contributed by atoms with E-state index in [0.29, 0.717) is 0 Å². The molecule has 27 heavy (non-hydrogen) atoms. The van der Waals surface area contributed by atoms with Gasteiger partial charge in [0.1, 0.15) is 11.3 Å². The maximum atomic E-state index is 13.4. The molecule has 1 aliphatic heterocycles. The van der Waals surface area contributed by atoms with Crippen LogP contribution in [0.1, 0.15) is 37.0 Å². The van der Waals surface area contributed by atoms with Gasteiger partial charge in [-0.2, -0.15) is 13.2 Å². The van der Waals surface area contributed by atoms with Gasteiger partial charge in [-0.15, -0.1) is 0 Å². The van der Waals surface area contributed by atoms with Gasteiger partial charge in [0.05, 0.1) is 12.8 Å². The molecule has 2 heterocycles. The molecule has 0 radical (unpaired) electrons. The topological polar surface area (TPSA) is 72.0 Å². The third-order valence-corrected chi connectivity index (χ3v) is 3.81. The summed E-state index contributed by atoms with van der Waals surface area (Å²) in [6.45, 7) is 6.01. The van der Waals surface area contributed by atoms with E-state index < -0.39 is 35.2 Å². The molecule has 1 aromatic heterocycles. The zero-order valence-corrected chi connectivity index (χ0v) is 15.6. The van der Waals surface area contributed by atoms with Crippen LogP contribution in [0.4, 0.5) is 23.7 Å². The molecular formula is C17H22F3N3O4. The maximum Gasteiger partial charge on any atom is 0.435 e. The molecule has 10 heteroatoms. The zero-order chi connectivity index (χ0) is 20.4. The SMILES string of the molecule is COC(=O)c1ccc(N2CCN(C(=O)OC(C)(C)C)CC2)c(C(F)(F)F)n1. The number of hydrogen-bond donors (Lipinski definition) is 0. The van der Waals surface area contributed by atoms with Gasteiger partial charge in [-0.1, -0.05) is 0 Å². The average molecular weight is 389 g/mol. The second kappa shape index (κ2) is 7.61. The fourth-order valence-electron chi connectivity index (χ4n) is 2.59. The van der Waals surface area contributed by atoms with Crippen LogP contribution in [0.25, 0.3) is 0 Å². The number of piperazine rings is 1. The number of carbonyl (C=O) groups is 2. The van der Waals surface area contributed by atoms with Gasteiger partial charge in [0.2, 0.25) is 0 Å². The van der Waals surface area contributed by atoms with E-state index in [4.69, 9.17) is 4.74 Å². The number of carbonyl (C=O) groups excluding carboxylic acids is 2. The van der Waals surface area contributed by atoms with Crippen molar-refractivity contribution in [3.05, 3.63) is 23.5 Å². The molecule has 2 rings (SSSR count). The van der Waals surface area contributed by atoms with Crippen LogP contribution in [0.15, 0.2) is 12.1 Å². The van der Waals surface area contributed by atoms with Gasteiger partial charge >= 0.3 is 18.2 Å². The Bertz CT molecular complexity index is 708. The number of methoxy groups -OCH3 is 1. The Morgan fingerprint density at radius 2 is 1.67 bits per heavy atom. The van der Waals surface area contributed by atoms with E-state index in [1.807, 2.05) is 0 Å². The Hall–Kier alpha value is -2.52. The lowest BCUT2D eigenvalue weighted by Crippen LogP contribution is -2.50. The smallest absolute Gasteiger partial charge is 0.435 e. The number of ether oxygens (including phenoxy) is 2. The van der Waals surface area contributed by atoms with Crippen molar-refractivity contribution < 1.29 is 32.2 Å². The van der Waals surface area contributed by atoms with E-state index in [1.165, 1.54) is 21.9 Å². The number of alkyl halides is 3. The standard InChI is InChI=1S/C17H22F3N3O4/c1-16(2,3)27-15(25)23-9-7-22(8-10-23)12-6-5-11(14(24)26-4)21-13(12)17(18,19)20/h5-6H,7-10H2,1-4H3. The lowest BCUT2D eigenvalue weighted by atomic mass is 10.2. The molecule has 1 aromatic rings. The molecule has 150 valence electrons. The molecule has 0 saturated carbocycles. The van der Waals surface area contributed by atoms with Gasteiger partial charge in [-0.25, -0.2) is 14.6 Å². The number of hydrogen-bond acceptors (Lipinski definition) is 6. The monoisotopic (exact) mass is 389 g/mol. The summed E-state index contributed by atoms with van der Waals surface area (Å²) in [5.74, 6) is -0.943. The molecule has 1 fully saturated rings. The minimum absolute atomic E-state index is 0.140. The van der Waals surface area contributed by atoms with E-state index in [-0.39, 0.29) is 31.9 Å². The minimum atomic E-state index is -4.73. The summed E-state index contributed by atoms with van der Waals surface area (Å²) >= 11 is 0. The number of rotatable bonds is 2. The number of amides is 1. The molecular weight excluding hydrogens is 367 g/mol. The first-order chi connectivity index (χ1) is 12.4. The molecule has 1 amide bonds. The molecule has 0 N–H and O–H groups in total. The molecule has 0 bridgehead atoms. The highest BCUT2D eigenvalue weighted by atomic mass is 19.4. The van der Waals surface area contributed by atoms with E-state index >= 15 is 0 Å². The van der Waals surface area contributed by atoms with Crippen molar-refractivity contribution in [2.75, 3.05) is 38.2 Å². The summed E-state index contributed by atoms with van der Waals surface area (Å²) in [4.78, 5) is 29.9. The second-order valence-corrected chi connectivity index (χ2v) is 7.01. The van der Waals surface area contributed by atoms with Crippen molar-refractivity contribution in [2.24, 2.45) is 0 Å². The Balaban J connectivity index is 2.18. The van der Waals surface area contributed by atoms with Crippen LogP contribution in [0.3, 0.4) is 0 Å². The third-order valence-electron chi connectivity index (χ3n) is 3.81. The van der Waals surface area contributed by atoms with E-state index in [9.17, 15) is 22.8 Å². The van der Waals surface area contributed by atoms with Crippen LogP contribution in [0.2, 0.25) is 0 Å². The highest BCUT2D eigenvalue weighted by molar-refractivity contribution is 5.87. The average Bonchev–Trinajstić information content (AvgIpc) is 2.58. The Morgan fingerprint density at radius 1 is 1.07 bits per heavy atom. The Labute approximate surface area is 155 Å². The minimum Gasteiger partial charge on any atom is -0.464 e. The summed E-state index contributed by atoms with van der Waals surface area (Å²) in [5.41, 5.74) is -2.36. The number of halogens is 3. The molecule has 0 spiro atoms. The first-order valence-electron chi connectivity index (χ1n) is 8.32. The van der Waals surface area contributed by atoms with Gasteiger partial charge in [-0.05, 0) is 32.9 Å². The lowest BCUT2D eigenvalue weighted by molar-refractivity contribution is -0.140. The molecule has 1 saturated heterocycles. The van der Waals surface area contributed by atoms with Crippen LogP contribution in [0.5, 0.6) is 0 Å². The number of nitrogens with zero attached hydrogens (tertiary/aromatic N) is 3. The van der Waals surface area contributed by atoms with E-state index in [1.54, 1.807) is 20.8 Å². The van der Waals surface area contributed by atoms with Crippen molar-refractivity contribution in [3.8, 4) is 0 Å². The normalized spacial score (nSPS) is 15.5. The largest absolute Gasteiger partial charge is 0.464 e. The van der Waals surface area contributed by atoms with Gasteiger partial charge in [0.25, 0.3) is 0 Å². The predicted molar refractivity (Wildman–Crippen MR) is 90.6 cm³/mol. The van der Waals surface area contributed by atoms with E-state index in [2.05, 4.69) is 9.72 Å². The zero-order valence-electron chi connectivity index (χ0n) is 15.6. The predicted octanol–water partition coefficient (Wildman–Crippen LogP) is 2.94. The Morgan fingerprint density at radius 3 is 2.15 bits per heavy atom. The summed E-state index contributed by atoms with van der Waals surface area (Å²) in [6, 6.07) is 2.39. The Kier molecular flexibility index (Phi) is 5.86. The first kappa shape index (κ1) is 20.8. The second-order valence-electron chi connectivity index (χ2n) is 7.01. The van der Waals surface area contributed by atoms with Gasteiger partial charge in [0.15, 0.2) is 5.69 Å². The van der Waals surface area contributed by atoms with Crippen molar-refractivity contribution in [2.45, 2.75) is 32.5 Å². The lowest BCUT2D eigenvalue weighted by Gasteiger charge is -2.37. The molecule has 7 nitrogen and oxygen atoms in total. The summed E-state index contributed by atoms with van der Waals surface area (Å²) in [6.07, 6.45) is -5.24.